The number of nitrogens with zero attached hydrogens (tertiary/aromatic N) is 4. The molecule has 31 heavy (non-hydrogen) atoms. The summed E-state index contributed by atoms with van der Waals surface area (Å²) in [5.41, 5.74) is 4.65. The summed E-state index contributed by atoms with van der Waals surface area (Å²) in [6.07, 6.45) is 9.84. The lowest BCUT2D eigenvalue weighted by Crippen LogP contribution is -2.32. The SMILES string of the molecule is O=CN1CCCCC1c1ccc(-c2cn3ccnc3c(Nc3ccc(Cl)cc3)n2)cc1. The van der Waals surface area contributed by atoms with Crippen LogP contribution in [0.15, 0.2) is 67.1 Å². The summed E-state index contributed by atoms with van der Waals surface area (Å²) in [6.45, 7) is 0.828. The lowest BCUT2D eigenvalue weighted by molar-refractivity contribution is -0.121. The molecule has 3 heterocycles. The Balaban J connectivity index is 1.47. The van der Waals surface area contributed by atoms with Gasteiger partial charge in [0, 0.05) is 41.4 Å². The van der Waals surface area contributed by atoms with Crippen LogP contribution in [-0.2, 0) is 4.79 Å². The van der Waals surface area contributed by atoms with Gasteiger partial charge in [-0.05, 0) is 49.1 Å². The van der Waals surface area contributed by atoms with E-state index in [2.05, 4.69) is 34.6 Å². The number of imidazole rings is 1. The van der Waals surface area contributed by atoms with E-state index >= 15 is 0 Å². The third-order valence-corrected chi connectivity index (χ3v) is 6.00. The number of hydrogen-bond donors (Lipinski definition) is 1. The van der Waals surface area contributed by atoms with E-state index in [4.69, 9.17) is 16.6 Å². The lowest BCUT2D eigenvalue weighted by Gasteiger charge is -2.33. The molecule has 0 saturated carbocycles. The predicted molar refractivity (Wildman–Crippen MR) is 123 cm³/mol. The van der Waals surface area contributed by atoms with E-state index in [0.717, 1.165) is 54.8 Å². The summed E-state index contributed by atoms with van der Waals surface area (Å²) in [4.78, 5) is 22.6. The number of fused-ring (bicyclic) bond motifs is 1. The fraction of sp³-hybridized carbons (Fsp3) is 0.208. The van der Waals surface area contributed by atoms with Gasteiger partial charge in [0.1, 0.15) is 0 Å². The molecule has 156 valence electrons. The highest BCUT2D eigenvalue weighted by Crippen LogP contribution is 2.31. The molecule has 2 aromatic carbocycles. The first-order chi connectivity index (χ1) is 15.2. The second-order valence-corrected chi connectivity index (χ2v) is 8.18. The average molecular weight is 432 g/mol. The Hall–Kier alpha value is -3.38. The topological polar surface area (TPSA) is 62.5 Å². The van der Waals surface area contributed by atoms with Crippen LogP contribution < -0.4 is 5.32 Å². The number of amides is 1. The number of hydrogen-bond acceptors (Lipinski definition) is 4. The van der Waals surface area contributed by atoms with Gasteiger partial charge in [-0.1, -0.05) is 35.9 Å². The molecular weight excluding hydrogens is 410 g/mol. The van der Waals surface area contributed by atoms with E-state index in [0.29, 0.717) is 10.8 Å². The lowest BCUT2D eigenvalue weighted by atomic mass is 9.95. The van der Waals surface area contributed by atoms with Crippen LogP contribution in [0.1, 0.15) is 30.9 Å². The van der Waals surface area contributed by atoms with Gasteiger partial charge >= 0.3 is 0 Å². The van der Waals surface area contributed by atoms with Crippen molar-refractivity contribution in [2.45, 2.75) is 25.3 Å². The van der Waals surface area contributed by atoms with E-state index in [1.54, 1.807) is 6.20 Å². The summed E-state index contributed by atoms with van der Waals surface area (Å²) in [6, 6.07) is 16.0. The summed E-state index contributed by atoms with van der Waals surface area (Å²) >= 11 is 6.00. The van der Waals surface area contributed by atoms with Crippen molar-refractivity contribution in [1.29, 1.82) is 0 Å². The van der Waals surface area contributed by atoms with Gasteiger partial charge in [0.05, 0.1) is 11.7 Å². The van der Waals surface area contributed by atoms with Crippen molar-refractivity contribution < 1.29 is 4.79 Å². The number of piperidine rings is 1. The first-order valence-corrected chi connectivity index (χ1v) is 10.8. The molecule has 1 aliphatic rings. The molecule has 1 N–H and O–H groups in total. The largest absolute Gasteiger partial charge is 0.338 e. The Labute approximate surface area is 185 Å². The van der Waals surface area contributed by atoms with Gasteiger partial charge in [-0.15, -0.1) is 0 Å². The normalized spacial score (nSPS) is 16.4. The highest BCUT2D eigenvalue weighted by atomic mass is 35.5. The molecule has 0 bridgehead atoms. The van der Waals surface area contributed by atoms with Crippen molar-refractivity contribution in [2.75, 3.05) is 11.9 Å². The van der Waals surface area contributed by atoms with Gasteiger partial charge < -0.3 is 14.6 Å². The van der Waals surface area contributed by atoms with Crippen molar-refractivity contribution in [2.24, 2.45) is 0 Å². The minimum absolute atomic E-state index is 0.159. The molecule has 0 radical (unpaired) electrons. The molecule has 0 spiro atoms. The van der Waals surface area contributed by atoms with Crippen LogP contribution in [0.4, 0.5) is 11.5 Å². The van der Waals surface area contributed by atoms with Crippen LogP contribution in [0.25, 0.3) is 16.9 Å². The Kier molecular flexibility index (Phi) is 5.30. The molecule has 1 saturated heterocycles. The van der Waals surface area contributed by atoms with Crippen LogP contribution in [0.2, 0.25) is 5.02 Å². The molecule has 2 aromatic heterocycles. The zero-order valence-electron chi connectivity index (χ0n) is 16.9. The Bertz CT molecular complexity index is 1200. The van der Waals surface area contributed by atoms with Crippen molar-refractivity contribution in [3.05, 3.63) is 77.7 Å². The van der Waals surface area contributed by atoms with E-state index < -0.39 is 0 Å². The second-order valence-electron chi connectivity index (χ2n) is 7.74. The maximum absolute atomic E-state index is 11.4. The van der Waals surface area contributed by atoms with Crippen LogP contribution in [-0.4, -0.2) is 32.2 Å². The minimum Gasteiger partial charge on any atom is -0.338 e. The number of carbonyl (C=O) groups is 1. The molecule has 0 aliphatic carbocycles. The molecule has 1 fully saturated rings. The fourth-order valence-corrected chi connectivity index (χ4v) is 4.26. The van der Waals surface area contributed by atoms with Gasteiger partial charge in [-0.2, -0.15) is 0 Å². The van der Waals surface area contributed by atoms with E-state index in [1.807, 2.05) is 46.0 Å². The average Bonchev–Trinajstić information content (AvgIpc) is 3.30. The van der Waals surface area contributed by atoms with Crippen molar-refractivity contribution in [1.82, 2.24) is 19.3 Å². The molecular formula is C24H22ClN5O. The number of nitrogens with one attached hydrogen (secondary N) is 1. The maximum atomic E-state index is 11.4. The number of aromatic nitrogens is 3. The molecule has 4 aromatic rings. The van der Waals surface area contributed by atoms with Crippen LogP contribution >= 0.6 is 11.6 Å². The summed E-state index contributed by atoms with van der Waals surface area (Å²) in [7, 11) is 0. The van der Waals surface area contributed by atoms with E-state index in [-0.39, 0.29) is 6.04 Å². The minimum atomic E-state index is 0.159. The zero-order valence-corrected chi connectivity index (χ0v) is 17.7. The molecule has 1 amide bonds. The van der Waals surface area contributed by atoms with Crippen LogP contribution in [0.3, 0.4) is 0 Å². The van der Waals surface area contributed by atoms with Crippen molar-refractivity contribution in [3.63, 3.8) is 0 Å². The highest BCUT2D eigenvalue weighted by molar-refractivity contribution is 6.30. The Morgan fingerprint density at radius 2 is 1.87 bits per heavy atom. The molecule has 1 atom stereocenters. The monoisotopic (exact) mass is 431 g/mol. The van der Waals surface area contributed by atoms with E-state index in [9.17, 15) is 4.79 Å². The first-order valence-electron chi connectivity index (χ1n) is 10.4. The number of halogens is 1. The molecule has 7 heteroatoms. The standard InChI is InChI=1S/C24H22ClN5O/c25-19-8-10-20(11-9-19)27-23-24-26-12-14-29(24)15-21(28-23)17-4-6-18(7-5-17)22-3-1-2-13-30(22)16-31/h4-12,14-16,22H,1-3,13H2,(H,27,28). The van der Waals surface area contributed by atoms with Crippen LogP contribution in [0.5, 0.6) is 0 Å². The summed E-state index contributed by atoms with van der Waals surface area (Å²) < 4.78 is 1.96. The van der Waals surface area contributed by atoms with Gasteiger partial charge in [0.15, 0.2) is 11.5 Å². The first kappa shape index (κ1) is 19.6. The number of rotatable bonds is 5. The number of likely N-dealkylation sites (tertiary alicyclic amines) is 1. The Morgan fingerprint density at radius 3 is 2.65 bits per heavy atom. The third-order valence-electron chi connectivity index (χ3n) is 5.75. The predicted octanol–water partition coefficient (Wildman–Crippen LogP) is 5.48. The number of carbonyl (C=O) groups excluding carboxylic acids is 1. The third kappa shape index (κ3) is 3.99. The van der Waals surface area contributed by atoms with E-state index in [1.165, 1.54) is 5.56 Å². The van der Waals surface area contributed by atoms with Crippen molar-refractivity contribution >= 4 is 35.2 Å². The number of benzene rings is 2. The Morgan fingerprint density at radius 1 is 1.06 bits per heavy atom. The second kappa shape index (κ2) is 8.40. The molecule has 6 nitrogen and oxygen atoms in total. The highest BCUT2D eigenvalue weighted by Gasteiger charge is 2.22. The molecule has 5 rings (SSSR count). The van der Waals surface area contributed by atoms with Gasteiger partial charge in [-0.25, -0.2) is 9.97 Å². The van der Waals surface area contributed by atoms with Crippen molar-refractivity contribution in [3.8, 4) is 11.3 Å². The fourth-order valence-electron chi connectivity index (χ4n) is 4.14. The maximum Gasteiger partial charge on any atom is 0.210 e. The van der Waals surface area contributed by atoms with Gasteiger partial charge in [0.25, 0.3) is 0 Å². The summed E-state index contributed by atoms with van der Waals surface area (Å²) in [5.74, 6) is 0.674. The molecule has 1 unspecified atom stereocenters. The quantitative estimate of drug-likeness (QED) is 0.425. The molecule has 1 aliphatic heterocycles. The smallest absolute Gasteiger partial charge is 0.210 e. The summed E-state index contributed by atoms with van der Waals surface area (Å²) in [5, 5.41) is 4.03. The number of anilines is 2. The zero-order chi connectivity index (χ0) is 21.2. The van der Waals surface area contributed by atoms with Gasteiger partial charge in [-0.3, -0.25) is 4.79 Å². The van der Waals surface area contributed by atoms with Gasteiger partial charge in [0.2, 0.25) is 6.41 Å². The van der Waals surface area contributed by atoms with Crippen LogP contribution in [0, 0.1) is 0 Å².